The van der Waals surface area contributed by atoms with Gasteiger partial charge in [-0.3, -0.25) is 0 Å². The number of rotatable bonds is 1. The van der Waals surface area contributed by atoms with Crippen LogP contribution in [0.25, 0.3) is 0 Å². The smallest absolute Gasteiger partial charge is 0.370 e. The Labute approximate surface area is 98.2 Å². The van der Waals surface area contributed by atoms with Crippen LogP contribution in [0.4, 0.5) is 18.9 Å². The fourth-order valence-corrected chi connectivity index (χ4v) is 2.08. The molecule has 1 aromatic rings. The van der Waals surface area contributed by atoms with E-state index < -0.39 is 11.7 Å². The Morgan fingerprint density at radius 1 is 1.35 bits per heavy atom. The molecule has 2 nitrogen and oxygen atoms in total. The number of anilines is 1. The van der Waals surface area contributed by atoms with Gasteiger partial charge in [-0.15, -0.1) is 0 Å². The molecular formula is C12H15F3N2. The minimum atomic E-state index is -4.29. The second-order valence-electron chi connectivity index (χ2n) is 4.87. The third kappa shape index (κ3) is 2.72. The molecule has 0 amide bonds. The van der Waals surface area contributed by atoms with Crippen molar-refractivity contribution in [1.82, 2.24) is 0 Å². The fraction of sp³-hybridized carbons (Fsp3) is 0.500. The Balaban J connectivity index is 2.23. The van der Waals surface area contributed by atoms with E-state index in [2.05, 4.69) is 0 Å². The minimum absolute atomic E-state index is 0.311. The highest BCUT2D eigenvalue weighted by molar-refractivity contribution is 5.50. The lowest BCUT2D eigenvalue weighted by Crippen LogP contribution is -2.39. The van der Waals surface area contributed by atoms with Gasteiger partial charge in [0.1, 0.15) is 0 Å². The maximum atomic E-state index is 12.6. The van der Waals surface area contributed by atoms with Gasteiger partial charge in [0.25, 0.3) is 0 Å². The third-order valence-electron chi connectivity index (χ3n) is 3.04. The van der Waals surface area contributed by atoms with Crippen LogP contribution in [0.2, 0.25) is 0 Å². The molecule has 94 valence electrons. The van der Waals surface area contributed by atoms with E-state index in [9.17, 15) is 13.2 Å². The van der Waals surface area contributed by atoms with Gasteiger partial charge in [-0.05, 0) is 31.5 Å². The van der Waals surface area contributed by atoms with Crippen LogP contribution >= 0.6 is 0 Å². The molecule has 0 bridgehead atoms. The molecule has 1 atom stereocenters. The summed E-state index contributed by atoms with van der Waals surface area (Å²) in [5.74, 6) is 0. The third-order valence-corrected chi connectivity index (χ3v) is 3.04. The number of benzene rings is 1. The van der Waals surface area contributed by atoms with E-state index in [4.69, 9.17) is 5.73 Å². The molecule has 17 heavy (non-hydrogen) atoms. The van der Waals surface area contributed by atoms with E-state index in [0.717, 1.165) is 12.5 Å². The van der Waals surface area contributed by atoms with Gasteiger partial charge < -0.3 is 10.6 Å². The molecule has 2 N–H and O–H groups in total. The van der Waals surface area contributed by atoms with Crippen LogP contribution in [-0.2, 0) is 6.18 Å². The van der Waals surface area contributed by atoms with Gasteiger partial charge in [-0.1, -0.05) is 6.07 Å². The number of alkyl halides is 3. The topological polar surface area (TPSA) is 29.3 Å². The highest BCUT2D eigenvalue weighted by atomic mass is 19.4. The summed E-state index contributed by atoms with van der Waals surface area (Å²) in [6, 6.07) is 5.39. The van der Waals surface area contributed by atoms with Crippen LogP contribution < -0.4 is 10.6 Å². The first-order valence-corrected chi connectivity index (χ1v) is 5.49. The number of hydrogen-bond acceptors (Lipinski definition) is 2. The van der Waals surface area contributed by atoms with Gasteiger partial charge in [-0.2, -0.15) is 13.2 Å². The Hall–Kier alpha value is -1.23. The quantitative estimate of drug-likeness (QED) is 0.822. The number of hydrogen-bond donors (Lipinski definition) is 1. The number of halogens is 3. The molecule has 2 rings (SSSR count). The minimum Gasteiger partial charge on any atom is -0.370 e. The van der Waals surface area contributed by atoms with Crippen molar-refractivity contribution in [2.24, 2.45) is 5.73 Å². The van der Waals surface area contributed by atoms with E-state index in [0.29, 0.717) is 18.8 Å². The maximum absolute atomic E-state index is 12.6. The van der Waals surface area contributed by atoms with Gasteiger partial charge in [0.05, 0.1) is 5.56 Å². The molecular weight excluding hydrogens is 229 g/mol. The van der Waals surface area contributed by atoms with E-state index in [1.807, 2.05) is 11.8 Å². The summed E-state index contributed by atoms with van der Waals surface area (Å²) in [5.41, 5.74) is 5.64. The summed E-state index contributed by atoms with van der Waals surface area (Å²) in [4.78, 5) is 1.90. The first-order valence-electron chi connectivity index (χ1n) is 5.49. The molecule has 1 aliphatic rings. The zero-order chi connectivity index (χ0) is 12.7. The zero-order valence-corrected chi connectivity index (χ0v) is 9.59. The molecule has 5 heteroatoms. The maximum Gasteiger partial charge on any atom is 0.416 e. The predicted octanol–water partition coefficient (Wildman–Crippen LogP) is 2.63. The van der Waals surface area contributed by atoms with Gasteiger partial charge >= 0.3 is 6.18 Å². The van der Waals surface area contributed by atoms with Crippen LogP contribution in [0.3, 0.4) is 0 Å². The molecule has 0 radical (unpaired) electrons. The largest absolute Gasteiger partial charge is 0.416 e. The van der Waals surface area contributed by atoms with Crippen LogP contribution in [0, 0.1) is 0 Å². The van der Waals surface area contributed by atoms with E-state index in [-0.39, 0.29) is 5.54 Å². The highest BCUT2D eigenvalue weighted by Crippen LogP contribution is 2.33. The summed E-state index contributed by atoms with van der Waals surface area (Å²) >= 11 is 0. The van der Waals surface area contributed by atoms with Crippen LogP contribution in [0.15, 0.2) is 24.3 Å². The summed E-state index contributed by atoms with van der Waals surface area (Å²) in [6.45, 7) is 3.21. The summed E-state index contributed by atoms with van der Waals surface area (Å²) < 4.78 is 37.7. The zero-order valence-electron chi connectivity index (χ0n) is 9.59. The van der Waals surface area contributed by atoms with Crippen LogP contribution in [0.1, 0.15) is 18.9 Å². The van der Waals surface area contributed by atoms with Crippen LogP contribution in [0.5, 0.6) is 0 Å². The van der Waals surface area contributed by atoms with Crippen molar-refractivity contribution in [3.05, 3.63) is 29.8 Å². The summed E-state index contributed by atoms with van der Waals surface area (Å²) in [7, 11) is 0. The summed E-state index contributed by atoms with van der Waals surface area (Å²) in [5, 5.41) is 0. The predicted molar refractivity (Wildman–Crippen MR) is 60.9 cm³/mol. The van der Waals surface area contributed by atoms with E-state index in [1.165, 1.54) is 12.1 Å². The molecule has 1 aliphatic heterocycles. The molecule has 0 saturated carbocycles. The van der Waals surface area contributed by atoms with Crippen molar-refractivity contribution < 1.29 is 13.2 Å². The lowest BCUT2D eigenvalue weighted by Gasteiger charge is -2.22. The first kappa shape index (κ1) is 12.2. The van der Waals surface area contributed by atoms with Crippen LogP contribution in [-0.4, -0.2) is 18.6 Å². The lowest BCUT2D eigenvalue weighted by molar-refractivity contribution is -0.137. The van der Waals surface area contributed by atoms with E-state index >= 15 is 0 Å². The van der Waals surface area contributed by atoms with Crippen molar-refractivity contribution in [3.8, 4) is 0 Å². The first-order chi connectivity index (χ1) is 7.78. The summed E-state index contributed by atoms with van der Waals surface area (Å²) in [6.07, 6.45) is -3.50. The Morgan fingerprint density at radius 3 is 2.59 bits per heavy atom. The molecule has 1 aromatic carbocycles. The Morgan fingerprint density at radius 2 is 2.06 bits per heavy atom. The van der Waals surface area contributed by atoms with Crippen molar-refractivity contribution in [2.75, 3.05) is 18.0 Å². The standard InChI is InChI=1S/C12H15F3N2/c1-11(16)5-6-17(8-11)10-4-2-3-9(7-10)12(13,14)15/h2-4,7H,5-6,8,16H2,1H3. The molecule has 0 spiro atoms. The van der Waals surface area contributed by atoms with Crippen molar-refractivity contribution in [1.29, 1.82) is 0 Å². The Bertz CT molecular complexity index is 412. The normalized spacial score (nSPS) is 25.4. The second kappa shape index (κ2) is 3.91. The lowest BCUT2D eigenvalue weighted by atomic mass is 10.0. The molecule has 1 fully saturated rings. The monoisotopic (exact) mass is 244 g/mol. The second-order valence-corrected chi connectivity index (χ2v) is 4.87. The SMILES string of the molecule is CC1(N)CCN(c2cccc(C(F)(F)F)c2)C1. The Kier molecular flexibility index (Phi) is 2.81. The molecule has 0 aromatic heterocycles. The average Bonchev–Trinajstić information content (AvgIpc) is 2.58. The number of nitrogens with two attached hydrogens (primary N) is 1. The van der Waals surface area contributed by atoms with Gasteiger partial charge in [0.15, 0.2) is 0 Å². The van der Waals surface area contributed by atoms with Crippen molar-refractivity contribution in [2.45, 2.75) is 25.1 Å². The average molecular weight is 244 g/mol. The van der Waals surface area contributed by atoms with Gasteiger partial charge in [0.2, 0.25) is 0 Å². The van der Waals surface area contributed by atoms with Gasteiger partial charge in [0, 0.05) is 24.3 Å². The van der Waals surface area contributed by atoms with Gasteiger partial charge in [-0.25, -0.2) is 0 Å². The molecule has 0 aliphatic carbocycles. The number of nitrogens with zero attached hydrogens (tertiary/aromatic N) is 1. The van der Waals surface area contributed by atoms with Crippen molar-refractivity contribution in [3.63, 3.8) is 0 Å². The fourth-order valence-electron chi connectivity index (χ4n) is 2.08. The molecule has 1 unspecified atom stereocenters. The molecule has 1 heterocycles. The highest BCUT2D eigenvalue weighted by Gasteiger charge is 2.33. The molecule has 1 saturated heterocycles. The van der Waals surface area contributed by atoms with E-state index in [1.54, 1.807) is 6.07 Å². The van der Waals surface area contributed by atoms with Crippen molar-refractivity contribution >= 4 is 5.69 Å².